The predicted molar refractivity (Wildman–Crippen MR) is 132 cm³/mol. The van der Waals surface area contributed by atoms with Crippen molar-refractivity contribution in [2.24, 2.45) is 0 Å². The fourth-order valence-corrected chi connectivity index (χ4v) is 5.10. The van der Waals surface area contributed by atoms with Crippen molar-refractivity contribution in [1.82, 2.24) is 19.7 Å². The molecule has 0 spiro atoms. The van der Waals surface area contributed by atoms with Gasteiger partial charge in [-0.25, -0.2) is 4.39 Å². The number of hydrogen-bond donors (Lipinski definition) is 0. The van der Waals surface area contributed by atoms with E-state index in [2.05, 4.69) is 45.7 Å². The first kappa shape index (κ1) is 23.5. The Labute approximate surface area is 199 Å². The molecule has 33 heavy (non-hydrogen) atoms. The molecule has 0 bridgehead atoms. The molecule has 0 N–H and O–H groups in total. The highest BCUT2D eigenvalue weighted by Gasteiger charge is 2.27. The summed E-state index contributed by atoms with van der Waals surface area (Å²) in [6.45, 7) is 7.41. The van der Waals surface area contributed by atoms with Crippen LogP contribution in [-0.4, -0.2) is 46.4 Å². The Bertz CT molecular complexity index is 1110. The summed E-state index contributed by atoms with van der Waals surface area (Å²) >= 11 is 1.58. The predicted octanol–water partition coefficient (Wildman–Crippen LogP) is 5.85. The minimum Gasteiger partial charge on any atom is -0.497 e. The lowest BCUT2D eigenvalue weighted by Gasteiger charge is -2.31. The average molecular weight is 467 g/mol. The van der Waals surface area contributed by atoms with Crippen molar-refractivity contribution in [3.8, 4) is 11.4 Å². The van der Waals surface area contributed by atoms with Crippen molar-refractivity contribution >= 4 is 11.8 Å². The largest absolute Gasteiger partial charge is 0.497 e. The molecule has 0 saturated carbocycles. The van der Waals surface area contributed by atoms with Gasteiger partial charge in [-0.1, -0.05) is 41.6 Å². The molecular weight excluding hydrogens is 435 g/mol. The molecule has 2 heterocycles. The number of aromatic nitrogens is 3. The summed E-state index contributed by atoms with van der Waals surface area (Å²) in [6, 6.07) is 14.7. The van der Waals surface area contributed by atoms with E-state index in [0.29, 0.717) is 11.7 Å². The summed E-state index contributed by atoms with van der Waals surface area (Å²) in [5.41, 5.74) is 3.32. The number of likely N-dealkylation sites (tertiary alicyclic amines) is 1. The number of ether oxygens (including phenoxy) is 1. The molecule has 174 valence electrons. The maximum absolute atomic E-state index is 13.6. The van der Waals surface area contributed by atoms with E-state index in [1.807, 2.05) is 24.3 Å². The van der Waals surface area contributed by atoms with Crippen LogP contribution in [-0.2, 0) is 5.75 Å². The van der Waals surface area contributed by atoms with Gasteiger partial charge >= 0.3 is 0 Å². The number of rotatable bonds is 8. The standard InChI is InChI=1S/C26H31FN4OS/c1-4-19(2)17-30-13-11-21(12-14-30)25-28-29-26(33-18-20-7-5-8-22(27)15-20)31(25)23-9-6-10-24(16-23)32-3/h4-10,15-16,21H,11-14,17-18H2,1-3H3. The van der Waals surface area contributed by atoms with Crippen LogP contribution in [0.25, 0.3) is 5.69 Å². The fraction of sp³-hybridized carbons (Fsp3) is 0.385. The number of thioether (sulfide) groups is 1. The van der Waals surface area contributed by atoms with E-state index in [1.54, 1.807) is 31.0 Å². The summed E-state index contributed by atoms with van der Waals surface area (Å²) < 4.78 is 21.3. The van der Waals surface area contributed by atoms with Crippen LogP contribution in [0.1, 0.15) is 44.0 Å². The van der Waals surface area contributed by atoms with Crippen molar-refractivity contribution in [3.63, 3.8) is 0 Å². The van der Waals surface area contributed by atoms with Gasteiger partial charge in [-0.15, -0.1) is 10.2 Å². The molecule has 1 fully saturated rings. The van der Waals surface area contributed by atoms with Crippen LogP contribution >= 0.6 is 11.8 Å². The SMILES string of the molecule is CC=C(C)CN1CCC(c2nnc(SCc3cccc(F)c3)n2-c2cccc(OC)c2)CC1. The second-order valence-corrected chi connectivity index (χ2v) is 9.42. The molecule has 1 saturated heterocycles. The van der Waals surface area contributed by atoms with Gasteiger partial charge in [-0.05, 0) is 69.6 Å². The summed E-state index contributed by atoms with van der Waals surface area (Å²) in [5.74, 6) is 2.54. The van der Waals surface area contributed by atoms with E-state index in [1.165, 1.54) is 11.6 Å². The maximum Gasteiger partial charge on any atom is 0.196 e. The number of piperidine rings is 1. The number of hydrogen-bond acceptors (Lipinski definition) is 5. The molecule has 0 amide bonds. The van der Waals surface area contributed by atoms with E-state index in [0.717, 1.165) is 60.5 Å². The molecule has 1 aliphatic rings. The quantitative estimate of drug-likeness (QED) is 0.308. The van der Waals surface area contributed by atoms with E-state index in [-0.39, 0.29) is 5.82 Å². The molecule has 0 atom stereocenters. The minimum absolute atomic E-state index is 0.219. The highest BCUT2D eigenvalue weighted by Crippen LogP contribution is 2.33. The fourth-order valence-electron chi connectivity index (χ4n) is 4.20. The summed E-state index contributed by atoms with van der Waals surface area (Å²) in [5, 5.41) is 10.0. The molecule has 0 radical (unpaired) electrons. The van der Waals surface area contributed by atoms with Crippen LogP contribution in [0, 0.1) is 5.82 Å². The van der Waals surface area contributed by atoms with Crippen LogP contribution in [0.2, 0.25) is 0 Å². The normalized spacial score (nSPS) is 15.7. The summed E-state index contributed by atoms with van der Waals surface area (Å²) in [6.07, 6.45) is 4.29. The second kappa shape index (κ2) is 11.0. The lowest BCUT2D eigenvalue weighted by Crippen LogP contribution is -2.34. The van der Waals surface area contributed by atoms with Gasteiger partial charge in [0.25, 0.3) is 0 Å². The molecule has 2 aromatic carbocycles. The number of halogens is 1. The van der Waals surface area contributed by atoms with Gasteiger partial charge in [0.05, 0.1) is 12.8 Å². The molecule has 7 heteroatoms. The van der Waals surface area contributed by atoms with Gasteiger partial charge in [-0.2, -0.15) is 0 Å². The Kier molecular flexibility index (Phi) is 7.83. The lowest BCUT2D eigenvalue weighted by molar-refractivity contribution is 0.223. The third-order valence-corrected chi connectivity index (χ3v) is 7.15. The smallest absolute Gasteiger partial charge is 0.196 e. The Hall–Kier alpha value is -2.64. The van der Waals surface area contributed by atoms with Gasteiger partial charge in [0.1, 0.15) is 17.4 Å². The van der Waals surface area contributed by atoms with E-state index >= 15 is 0 Å². The third-order valence-electron chi connectivity index (χ3n) is 6.15. The zero-order valence-electron chi connectivity index (χ0n) is 19.5. The molecule has 0 aliphatic carbocycles. The van der Waals surface area contributed by atoms with Crippen molar-refractivity contribution in [3.05, 3.63) is 77.4 Å². The van der Waals surface area contributed by atoms with Crippen molar-refractivity contribution in [2.45, 2.75) is 43.5 Å². The Balaban J connectivity index is 1.59. The molecule has 5 nitrogen and oxygen atoms in total. The third kappa shape index (κ3) is 5.84. The number of benzene rings is 2. The zero-order valence-corrected chi connectivity index (χ0v) is 20.3. The molecule has 3 aromatic rings. The van der Waals surface area contributed by atoms with Crippen molar-refractivity contribution in [2.75, 3.05) is 26.7 Å². The summed E-state index contributed by atoms with van der Waals surface area (Å²) in [4.78, 5) is 2.51. The van der Waals surface area contributed by atoms with Crippen LogP contribution in [0.4, 0.5) is 4.39 Å². The summed E-state index contributed by atoms with van der Waals surface area (Å²) in [7, 11) is 1.67. The highest BCUT2D eigenvalue weighted by molar-refractivity contribution is 7.98. The average Bonchev–Trinajstić information content (AvgIpc) is 3.27. The van der Waals surface area contributed by atoms with Crippen LogP contribution < -0.4 is 4.74 Å². The van der Waals surface area contributed by atoms with Crippen LogP contribution in [0.3, 0.4) is 0 Å². The number of allylic oxidation sites excluding steroid dienone is 1. The first-order chi connectivity index (χ1) is 16.1. The van der Waals surface area contributed by atoms with E-state index in [9.17, 15) is 4.39 Å². The Morgan fingerprint density at radius 1 is 1.15 bits per heavy atom. The Morgan fingerprint density at radius 2 is 1.94 bits per heavy atom. The number of nitrogens with zero attached hydrogens (tertiary/aromatic N) is 4. The monoisotopic (exact) mass is 466 g/mol. The van der Waals surface area contributed by atoms with Gasteiger partial charge in [0.15, 0.2) is 5.16 Å². The zero-order chi connectivity index (χ0) is 23.2. The first-order valence-corrected chi connectivity index (χ1v) is 12.4. The van der Waals surface area contributed by atoms with Crippen LogP contribution in [0.15, 0.2) is 65.3 Å². The maximum atomic E-state index is 13.6. The van der Waals surface area contributed by atoms with Gasteiger partial charge in [0, 0.05) is 24.3 Å². The van der Waals surface area contributed by atoms with Crippen LogP contribution in [0.5, 0.6) is 5.75 Å². The highest BCUT2D eigenvalue weighted by atomic mass is 32.2. The van der Waals surface area contributed by atoms with Crippen molar-refractivity contribution in [1.29, 1.82) is 0 Å². The minimum atomic E-state index is -0.219. The molecular formula is C26H31FN4OS. The topological polar surface area (TPSA) is 43.2 Å². The van der Waals surface area contributed by atoms with Gasteiger partial charge in [0.2, 0.25) is 0 Å². The van der Waals surface area contributed by atoms with Gasteiger partial charge < -0.3 is 4.74 Å². The van der Waals surface area contributed by atoms with E-state index in [4.69, 9.17) is 4.74 Å². The van der Waals surface area contributed by atoms with Crippen molar-refractivity contribution < 1.29 is 9.13 Å². The molecule has 1 aliphatic heterocycles. The lowest BCUT2D eigenvalue weighted by atomic mass is 9.95. The van der Waals surface area contributed by atoms with E-state index < -0.39 is 0 Å². The molecule has 4 rings (SSSR count). The number of methoxy groups -OCH3 is 1. The Morgan fingerprint density at radius 3 is 2.67 bits per heavy atom. The molecule has 1 aromatic heterocycles. The second-order valence-electron chi connectivity index (χ2n) is 8.48. The first-order valence-electron chi connectivity index (χ1n) is 11.4. The molecule has 0 unspecified atom stereocenters. The van der Waals surface area contributed by atoms with Gasteiger partial charge in [-0.3, -0.25) is 9.47 Å².